The average Bonchev–Trinajstić information content (AvgIpc) is 2.42. The van der Waals surface area contributed by atoms with Crippen LogP contribution in [-0.2, 0) is 9.59 Å². The summed E-state index contributed by atoms with van der Waals surface area (Å²) in [6, 6.07) is 6.06. The fraction of sp³-hybridized carbons (Fsp3) is 0.357. The largest absolute Gasteiger partial charge is 0.334 e. The van der Waals surface area contributed by atoms with E-state index < -0.39 is 17.6 Å². The zero-order valence-corrected chi connectivity index (χ0v) is 11.6. The van der Waals surface area contributed by atoms with Crippen LogP contribution in [-0.4, -0.2) is 29.8 Å². The molecule has 0 spiro atoms. The van der Waals surface area contributed by atoms with Crippen molar-refractivity contribution in [2.75, 3.05) is 12.4 Å². The first-order valence-corrected chi connectivity index (χ1v) is 6.08. The van der Waals surface area contributed by atoms with Crippen LogP contribution in [0.5, 0.6) is 0 Å². The monoisotopic (exact) mass is 277 g/mol. The van der Waals surface area contributed by atoms with Crippen molar-refractivity contribution >= 4 is 17.5 Å². The fourth-order valence-electron chi connectivity index (χ4n) is 1.55. The number of hydrogen-bond donors (Lipinski definition) is 1. The Morgan fingerprint density at radius 1 is 1.50 bits per heavy atom. The molecule has 6 heteroatoms. The van der Waals surface area contributed by atoms with E-state index in [1.807, 2.05) is 6.07 Å². The van der Waals surface area contributed by atoms with Gasteiger partial charge in [0.1, 0.15) is 5.82 Å². The topological polar surface area (TPSA) is 73.2 Å². The zero-order valence-electron chi connectivity index (χ0n) is 11.6. The molecule has 0 aliphatic rings. The summed E-state index contributed by atoms with van der Waals surface area (Å²) in [4.78, 5) is 24.8. The number of aryl methyl sites for hydroxylation is 1. The van der Waals surface area contributed by atoms with E-state index in [-0.39, 0.29) is 18.2 Å². The highest BCUT2D eigenvalue weighted by molar-refractivity contribution is 6.39. The number of nitrogens with zero attached hydrogens (tertiary/aromatic N) is 2. The lowest BCUT2D eigenvalue weighted by molar-refractivity contribution is -0.143. The lowest BCUT2D eigenvalue weighted by Crippen LogP contribution is -2.42. The SMILES string of the molecule is Cc1cccc(NC(=O)C(=O)N(C)[C@H](C)CC#N)c1F. The molecule has 106 valence electrons. The van der Waals surface area contributed by atoms with E-state index in [9.17, 15) is 14.0 Å². The molecule has 1 N–H and O–H groups in total. The Kier molecular flexibility index (Phi) is 5.21. The van der Waals surface area contributed by atoms with E-state index >= 15 is 0 Å². The average molecular weight is 277 g/mol. The lowest BCUT2D eigenvalue weighted by Gasteiger charge is -2.22. The molecule has 0 fully saturated rings. The third-order valence-electron chi connectivity index (χ3n) is 3.00. The number of anilines is 1. The third kappa shape index (κ3) is 3.54. The number of rotatable bonds is 3. The molecule has 0 aliphatic heterocycles. The number of amides is 2. The van der Waals surface area contributed by atoms with Gasteiger partial charge in [0.25, 0.3) is 0 Å². The highest BCUT2D eigenvalue weighted by Crippen LogP contribution is 2.17. The number of likely N-dealkylation sites (N-methyl/N-ethyl adjacent to an activating group) is 1. The Morgan fingerprint density at radius 2 is 2.15 bits per heavy atom. The van der Waals surface area contributed by atoms with Crippen molar-refractivity contribution in [2.24, 2.45) is 0 Å². The van der Waals surface area contributed by atoms with Crippen molar-refractivity contribution in [3.05, 3.63) is 29.6 Å². The molecule has 20 heavy (non-hydrogen) atoms. The van der Waals surface area contributed by atoms with Gasteiger partial charge in [0.15, 0.2) is 0 Å². The van der Waals surface area contributed by atoms with Crippen LogP contribution in [0.4, 0.5) is 10.1 Å². The van der Waals surface area contributed by atoms with Gasteiger partial charge in [-0.3, -0.25) is 9.59 Å². The van der Waals surface area contributed by atoms with E-state index in [0.717, 1.165) is 4.90 Å². The van der Waals surface area contributed by atoms with Crippen molar-refractivity contribution in [2.45, 2.75) is 26.3 Å². The summed E-state index contributed by atoms with van der Waals surface area (Å²) < 4.78 is 13.7. The fourth-order valence-corrected chi connectivity index (χ4v) is 1.55. The Labute approximate surface area is 117 Å². The van der Waals surface area contributed by atoms with Gasteiger partial charge in [0.05, 0.1) is 18.2 Å². The maximum Gasteiger partial charge on any atom is 0.313 e. The van der Waals surface area contributed by atoms with Crippen LogP contribution in [0, 0.1) is 24.1 Å². The van der Waals surface area contributed by atoms with E-state index in [4.69, 9.17) is 5.26 Å². The molecule has 5 nitrogen and oxygen atoms in total. The Bertz CT molecular complexity index is 566. The number of hydrogen-bond acceptors (Lipinski definition) is 3. The molecular formula is C14H16FN3O2. The van der Waals surface area contributed by atoms with Crippen LogP contribution in [0.3, 0.4) is 0 Å². The number of halogens is 1. The lowest BCUT2D eigenvalue weighted by atomic mass is 10.2. The smallest absolute Gasteiger partial charge is 0.313 e. The van der Waals surface area contributed by atoms with Crippen LogP contribution in [0.25, 0.3) is 0 Å². The first-order chi connectivity index (χ1) is 9.38. The highest BCUT2D eigenvalue weighted by atomic mass is 19.1. The predicted molar refractivity (Wildman–Crippen MR) is 72.2 cm³/mol. The van der Waals surface area contributed by atoms with Gasteiger partial charge in [-0.2, -0.15) is 5.26 Å². The maximum absolute atomic E-state index is 13.7. The summed E-state index contributed by atoms with van der Waals surface area (Å²) in [5.74, 6) is -2.31. The standard InChI is InChI=1S/C14H16FN3O2/c1-9-5-4-6-11(12(9)15)17-13(19)14(20)18(3)10(2)7-8-16/h4-6,10H,7H2,1-3H3,(H,17,19)/t10-/m1/s1. The van der Waals surface area contributed by atoms with E-state index in [2.05, 4.69) is 5.32 Å². The van der Waals surface area contributed by atoms with Crippen molar-refractivity contribution in [1.29, 1.82) is 5.26 Å². The van der Waals surface area contributed by atoms with Crippen LogP contribution in [0.2, 0.25) is 0 Å². The molecule has 0 saturated carbocycles. The minimum absolute atomic E-state index is 0.0373. The maximum atomic E-state index is 13.7. The van der Waals surface area contributed by atoms with Crippen LogP contribution >= 0.6 is 0 Å². The molecule has 1 atom stereocenters. The molecule has 1 aromatic carbocycles. The minimum atomic E-state index is -0.929. The second-order valence-corrected chi connectivity index (χ2v) is 4.52. The summed E-state index contributed by atoms with van der Waals surface area (Å²) >= 11 is 0. The molecule has 2 amide bonds. The number of nitrogens with one attached hydrogen (secondary N) is 1. The van der Waals surface area contributed by atoms with Gasteiger partial charge < -0.3 is 10.2 Å². The molecule has 0 aromatic heterocycles. The molecule has 0 heterocycles. The van der Waals surface area contributed by atoms with Gasteiger partial charge in [0.2, 0.25) is 0 Å². The molecule has 0 radical (unpaired) electrons. The van der Waals surface area contributed by atoms with Gasteiger partial charge in [-0.05, 0) is 25.5 Å². The second kappa shape index (κ2) is 6.66. The molecule has 1 rings (SSSR count). The second-order valence-electron chi connectivity index (χ2n) is 4.52. The minimum Gasteiger partial charge on any atom is -0.334 e. The van der Waals surface area contributed by atoms with E-state index in [1.165, 1.54) is 13.1 Å². The molecule has 1 aromatic rings. The molecular weight excluding hydrogens is 261 g/mol. The number of carbonyl (C=O) groups is 2. The summed E-state index contributed by atoms with van der Waals surface area (Å²) in [6.07, 6.45) is 0.119. The van der Waals surface area contributed by atoms with Crippen LogP contribution in [0.15, 0.2) is 18.2 Å². The van der Waals surface area contributed by atoms with Gasteiger partial charge in [-0.25, -0.2) is 4.39 Å². The summed E-state index contributed by atoms with van der Waals surface area (Å²) in [7, 11) is 1.43. The molecule has 0 bridgehead atoms. The predicted octanol–water partition coefficient (Wildman–Crippen LogP) is 1.83. The van der Waals surface area contributed by atoms with Crippen LogP contribution in [0.1, 0.15) is 18.9 Å². The molecule has 0 saturated heterocycles. The zero-order chi connectivity index (χ0) is 15.3. The number of nitriles is 1. The normalized spacial score (nSPS) is 11.3. The van der Waals surface area contributed by atoms with E-state index in [0.29, 0.717) is 5.56 Å². The quantitative estimate of drug-likeness (QED) is 0.857. The Morgan fingerprint density at radius 3 is 2.75 bits per heavy atom. The molecule has 0 aliphatic carbocycles. The van der Waals surface area contributed by atoms with Gasteiger partial charge in [0, 0.05) is 13.1 Å². The number of carbonyl (C=O) groups excluding carboxylic acids is 2. The molecule has 0 unspecified atom stereocenters. The van der Waals surface area contributed by atoms with E-state index in [1.54, 1.807) is 26.0 Å². The van der Waals surface area contributed by atoms with Gasteiger partial charge in [-0.1, -0.05) is 12.1 Å². The third-order valence-corrected chi connectivity index (χ3v) is 3.00. The van der Waals surface area contributed by atoms with Gasteiger partial charge >= 0.3 is 11.8 Å². The van der Waals surface area contributed by atoms with Gasteiger partial charge in [-0.15, -0.1) is 0 Å². The van der Waals surface area contributed by atoms with Crippen molar-refractivity contribution in [1.82, 2.24) is 4.90 Å². The first-order valence-electron chi connectivity index (χ1n) is 6.08. The van der Waals surface area contributed by atoms with Crippen LogP contribution < -0.4 is 5.32 Å². The Hall–Kier alpha value is -2.42. The van der Waals surface area contributed by atoms with Crippen molar-refractivity contribution in [3.8, 4) is 6.07 Å². The Balaban J connectivity index is 2.79. The summed E-state index contributed by atoms with van der Waals surface area (Å²) in [6.45, 7) is 3.22. The summed E-state index contributed by atoms with van der Waals surface area (Å²) in [5.41, 5.74) is 0.339. The summed E-state index contributed by atoms with van der Waals surface area (Å²) in [5, 5.41) is 10.8. The van der Waals surface area contributed by atoms with Crippen molar-refractivity contribution < 1.29 is 14.0 Å². The number of benzene rings is 1. The first kappa shape index (κ1) is 15.6. The van der Waals surface area contributed by atoms with Crippen molar-refractivity contribution in [3.63, 3.8) is 0 Å². The highest BCUT2D eigenvalue weighted by Gasteiger charge is 2.23.